The van der Waals surface area contributed by atoms with E-state index in [1.807, 2.05) is 24.3 Å². The first-order valence-corrected chi connectivity index (χ1v) is 5.86. The Bertz CT molecular complexity index is 336. The molecule has 1 rings (SSSR count). The van der Waals surface area contributed by atoms with Crippen LogP contribution < -0.4 is 10.6 Å². The van der Waals surface area contributed by atoms with Crippen molar-refractivity contribution in [2.45, 2.75) is 26.0 Å². The van der Waals surface area contributed by atoms with Crippen LogP contribution >= 0.6 is 0 Å². The van der Waals surface area contributed by atoms with Crippen LogP contribution in [-0.4, -0.2) is 24.6 Å². The largest absolute Gasteiger partial charge is 0.392 e. The van der Waals surface area contributed by atoms with E-state index in [1.165, 1.54) is 5.56 Å². The summed E-state index contributed by atoms with van der Waals surface area (Å²) in [5, 5.41) is 14.8. The standard InChI is InChI=1S/C13H20N2O2/c1-14-13(17)3-2-8-15-9-11-4-6-12(10-16)7-5-11/h4-7,15-16H,2-3,8-10H2,1H3,(H,14,17). The minimum absolute atomic E-state index is 0.0825. The van der Waals surface area contributed by atoms with E-state index in [-0.39, 0.29) is 12.5 Å². The lowest BCUT2D eigenvalue weighted by molar-refractivity contribution is -0.120. The molecule has 1 aromatic carbocycles. The van der Waals surface area contributed by atoms with Crippen molar-refractivity contribution >= 4 is 5.91 Å². The van der Waals surface area contributed by atoms with Crippen LogP contribution in [0.4, 0.5) is 0 Å². The number of amides is 1. The van der Waals surface area contributed by atoms with Crippen LogP contribution in [0.2, 0.25) is 0 Å². The molecule has 0 aliphatic carbocycles. The molecule has 3 N–H and O–H groups in total. The van der Waals surface area contributed by atoms with E-state index in [4.69, 9.17) is 5.11 Å². The fraction of sp³-hybridized carbons (Fsp3) is 0.462. The molecule has 0 aliphatic heterocycles. The Hall–Kier alpha value is -1.39. The van der Waals surface area contributed by atoms with Gasteiger partial charge in [-0.15, -0.1) is 0 Å². The number of rotatable bonds is 7. The molecule has 4 nitrogen and oxygen atoms in total. The predicted molar refractivity (Wildman–Crippen MR) is 67.4 cm³/mol. The Balaban J connectivity index is 2.15. The molecule has 17 heavy (non-hydrogen) atoms. The lowest BCUT2D eigenvalue weighted by Gasteiger charge is -2.05. The molecule has 1 amide bonds. The number of aliphatic hydroxyl groups is 1. The molecule has 0 saturated heterocycles. The Morgan fingerprint density at radius 2 is 1.88 bits per heavy atom. The van der Waals surface area contributed by atoms with Crippen molar-refractivity contribution in [3.05, 3.63) is 35.4 Å². The molecular formula is C13H20N2O2. The van der Waals surface area contributed by atoms with E-state index < -0.39 is 0 Å². The second-order valence-corrected chi connectivity index (χ2v) is 3.93. The molecule has 0 atom stereocenters. The zero-order valence-electron chi connectivity index (χ0n) is 10.2. The average molecular weight is 236 g/mol. The molecule has 0 saturated carbocycles. The Morgan fingerprint density at radius 3 is 2.47 bits per heavy atom. The Morgan fingerprint density at radius 1 is 1.24 bits per heavy atom. The van der Waals surface area contributed by atoms with Gasteiger partial charge < -0.3 is 15.7 Å². The lowest BCUT2D eigenvalue weighted by atomic mass is 10.1. The van der Waals surface area contributed by atoms with Crippen LogP contribution in [0.5, 0.6) is 0 Å². The van der Waals surface area contributed by atoms with E-state index in [2.05, 4.69) is 10.6 Å². The number of carbonyl (C=O) groups is 1. The first-order valence-electron chi connectivity index (χ1n) is 5.86. The van der Waals surface area contributed by atoms with Gasteiger partial charge in [0.1, 0.15) is 0 Å². The maximum atomic E-state index is 11.0. The van der Waals surface area contributed by atoms with Crippen molar-refractivity contribution in [1.82, 2.24) is 10.6 Å². The van der Waals surface area contributed by atoms with Gasteiger partial charge in [0.15, 0.2) is 0 Å². The number of benzene rings is 1. The summed E-state index contributed by atoms with van der Waals surface area (Å²) in [6.45, 7) is 1.70. The highest BCUT2D eigenvalue weighted by molar-refractivity contribution is 5.75. The zero-order valence-corrected chi connectivity index (χ0v) is 10.2. The van der Waals surface area contributed by atoms with Crippen molar-refractivity contribution in [2.75, 3.05) is 13.6 Å². The molecule has 0 aromatic heterocycles. The van der Waals surface area contributed by atoms with Crippen LogP contribution in [0.25, 0.3) is 0 Å². The Kier molecular flexibility index (Phi) is 6.29. The minimum atomic E-state index is 0.0825. The normalized spacial score (nSPS) is 10.2. The average Bonchev–Trinajstić information content (AvgIpc) is 2.38. The van der Waals surface area contributed by atoms with Crippen LogP contribution in [0.1, 0.15) is 24.0 Å². The smallest absolute Gasteiger partial charge is 0.219 e. The molecule has 0 unspecified atom stereocenters. The fourth-order valence-electron chi connectivity index (χ4n) is 1.49. The molecule has 0 heterocycles. The predicted octanol–water partition coefficient (Wildman–Crippen LogP) is 0.795. The van der Waals surface area contributed by atoms with E-state index in [0.717, 1.165) is 25.1 Å². The Labute approximate surface area is 102 Å². The van der Waals surface area contributed by atoms with Crippen molar-refractivity contribution in [3.8, 4) is 0 Å². The molecule has 0 aliphatic rings. The molecule has 0 bridgehead atoms. The quantitative estimate of drug-likeness (QED) is 0.614. The summed E-state index contributed by atoms with van der Waals surface area (Å²) in [6, 6.07) is 7.83. The van der Waals surface area contributed by atoms with Gasteiger partial charge in [-0.2, -0.15) is 0 Å². The molecule has 94 valence electrons. The van der Waals surface area contributed by atoms with Crippen LogP contribution in [0.15, 0.2) is 24.3 Å². The van der Waals surface area contributed by atoms with Gasteiger partial charge in [-0.25, -0.2) is 0 Å². The summed E-state index contributed by atoms with van der Waals surface area (Å²) >= 11 is 0. The summed E-state index contributed by atoms with van der Waals surface area (Å²) in [7, 11) is 1.65. The molecule has 0 fully saturated rings. The van der Waals surface area contributed by atoms with Crippen LogP contribution in [-0.2, 0) is 17.9 Å². The van der Waals surface area contributed by atoms with Crippen molar-refractivity contribution in [3.63, 3.8) is 0 Å². The molecule has 1 aromatic rings. The van der Waals surface area contributed by atoms with Gasteiger partial charge in [0.05, 0.1) is 6.61 Å². The van der Waals surface area contributed by atoms with Gasteiger partial charge >= 0.3 is 0 Å². The topological polar surface area (TPSA) is 61.4 Å². The van der Waals surface area contributed by atoms with Crippen LogP contribution in [0, 0.1) is 0 Å². The number of nitrogens with one attached hydrogen (secondary N) is 2. The van der Waals surface area contributed by atoms with Gasteiger partial charge in [-0.05, 0) is 24.1 Å². The molecule has 0 radical (unpaired) electrons. The maximum absolute atomic E-state index is 11.0. The summed E-state index contributed by atoms with van der Waals surface area (Å²) in [6.07, 6.45) is 1.40. The van der Waals surface area contributed by atoms with Gasteiger partial charge in [-0.1, -0.05) is 24.3 Å². The molecule has 0 spiro atoms. The highest BCUT2D eigenvalue weighted by Gasteiger charge is 1.97. The highest BCUT2D eigenvalue weighted by atomic mass is 16.3. The minimum Gasteiger partial charge on any atom is -0.392 e. The third-order valence-corrected chi connectivity index (χ3v) is 2.57. The maximum Gasteiger partial charge on any atom is 0.219 e. The number of aliphatic hydroxyl groups excluding tert-OH is 1. The van der Waals surface area contributed by atoms with Gasteiger partial charge in [0.2, 0.25) is 5.91 Å². The number of hydrogen-bond acceptors (Lipinski definition) is 3. The van der Waals surface area contributed by atoms with E-state index in [9.17, 15) is 4.79 Å². The second kappa shape index (κ2) is 7.81. The van der Waals surface area contributed by atoms with Crippen molar-refractivity contribution < 1.29 is 9.90 Å². The SMILES string of the molecule is CNC(=O)CCCNCc1ccc(CO)cc1. The van der Waals surface area contributed by atoms with Crippen LogP contribution in [0.3, 0.4) is 0 Å². The second-order valence-electron chi connectivity index (χ2n) is 3.93. The first kappa shape index (κ1) is 13.7. The monoisotopic (exact) mass is 236 g/mol. The highest BCUT2D eigenvalue weighted by Crippen LogP contribution is 2.03. The fourth-order valence-corrected chi connectivity index (χ4v) is 1.49. The number of hydrogen-bond donors (Lipinski definition) is 3. The summed E-state index contributed by atoms with van der Waals surface area (Å²) in [5.41, 5.74) is 2.11. The summed E-state index contributed by atoms with van der Waals surface area (Å²) in [4.78, 5) is 11.0. The molecular weight excluding hydrogens is 216 g/mol. The van der Waals surface area contributed by atoms with E-state index in [0.29, 0.717) is 6.42 Å². The number of carbonyl (C=O) groups excluding carboxylic acids is 1. The van der Waals surface area contributed by atoms with Gasteiger partial charge in [-0.3, -0.25) is 4.79 Å². The van der Waals surface area contributed by atoms with Crippen molar-refractivity contribution in [2.24, 2.45) is 0 Å². The molecule has 4 heteroatoms. The van der Waals surface area contributed by atoms with E-state index >= 15 is 0 Å². The van der Waals surface area contributed by atoms with E-state index in [1.54, 1.807) is 7.05 Å². The summed E-state index contributed by atoms with van der Waals surface area (Å²) in [5.74, 6) is 0.0825. The summed E-state index contributed by atoms with van der Waals surface area (Å²) < 4.78 is 0. The lowest BCUT2D eigenvalue weighted by Crippen LogP contribution is -2.20. The third kappa shape index (κ3) is 5.47. The van der Waals surface area contributed by atoms with Gasteiger partial charge in [0.25, 0.3) is 0 Å². The third-order valence-electron chi connectivity index (χ3n) is 2.57. The van der Waals surface area contributed by atoms with Gasteiger partial charge in [0, 0.05) is 20.0 Å². The zero-order chi connectivity index (χ0) is 12.5. The van der Waals surface area contributed by atoms with Crippen molar-refractivity contribution in [1.29, 1.82) is 0 Å². The first-order chi connectivity index (χ1) is 8.26.